The maximum Gasteiger partial charge on any atom is 0.312 e. The Morgan fingerprint density at radius 1 is 1.15 bits per heavy atom. The smallest absolute Gasteiger partial charge is 0.312 e. The molecule has 0 aromatic heterocycles. The van der Waals surface area contributed by atoms with Gasteiger partial charge < -0.3 is 24.4 Å². The molecule has 4 rings (SSSR count). The van der Waals surface area contributed by atoms with E-state index in [0.717, 1.165) is 24.8 Å². The molecule has 3 fully saturated rings. The molecule has 218 valence electrons. The second-order valence-corrected chi connectivity index (χ2v) is 12.1. The number of alkyl halides is 1. The average Bonchev–Trinajstić information content (AvgIpc) is 3.54. The van der Waals surface area contributed by atoms with E-state index in [1.54, 1.807) is 15.9 Å². The number of amides is 2. The van der Waals surface area contributed by atoms with Gasteiger partial charge in [-0.2, -0.15) is 0 Å². The monoisotopic (exact) mass is 616 g/mol. The Labute approximate surface area is 245 Å². The largest absolute Gasteiger partial charge is 0.465 e. The minimum absolute atomic E-state index is 0.0732. The SMILES string of the molecule is C=CCCCCOC(=O)[C@H]1[C@@H]2OC3(CC2Br)C(C(=O)N(CC=C)Cc2ccccc2)N(CCCCCO)C(=O)[C@H]13. The second kappa shape index (κ2) is 13.9. The lowest BCUT2D eigenvalue weighted by molar-refractivity contribution is -0.155. The normalized spacial score (nSPS) is 28.4. The minimum atomic E-state index is -1.12. The van der Waals surface area contributed by atoms with Gasteiger partial charge >= 0.3 is 5.97 Å². The number of nitrogens with zero attached hydrogens (tertiary/aromatic N) is 2. The summed E-state index contributed by atoms with van der Waals surface area (Å²) in [5.41, 5.74) is -0.148. The number of unbranched alkanes of at least 4 members (excludes halogenated alkanes) is 4. The fraction of sp³-hybridized carbons (Fsp3) is 0.581. The van der Waals surface area contributed by atoms with Crippen LogP contribution in [0.4, 0.5) is 0 Å². The number of hydrogen-bond acceptors (Lipinski definition) is 6. The first-order valence-corrected chi connectivity index (χ1v) is 15.3. The van der Waals surface area contributed by atoms with Crippen LogP contribution in [0.5, 0.6) is 0 Å². The first kappa shape index (κ1) is 30.5. The number of allylic oxidation sites excluding steroid dienone is 1. The molecule has 0 aliphatic carbocycles. The molecule has 40 heavy (non-hydrogen) atoms. The van der Waals surface area contributed by atoms with Crippen molar-refractivity contribution in [3.63, 3.8) is 0 Å². The summed E-state index contributed by atoms with van der Waals surface area (Å²) >= 11 is 3.71. The van der Waals surface area contributed by atoms with Crippen molar-refractivity contribution in [2.75, 3.05) is 26.3 Å². The van der Waals surface area contributed by atoms with Crippen LogP contribution >= 0.6 is 15.9 Å². The van der Waals surface area contributed by atoms with Crippen molar-refractivity contribution in [3.05, 3.63) is 61.2 Å². The number of rotatable bonds is 16. The van der Waals surface area contributed by atoms with Gasteiger partial charge in [-0.05, 0) is 50.5 Å². The van der Waals surface area contributed by atoms with E-state index in [0.29, 0.717) is 45.3 Å². The molecule has 3 aliphatic rings. The number of hydrogen-bond donors (Lipinski definition) is 1. The van der Waals surface area contributed by atoms with Crippen LogP contribution < -0.4 is 0 Å². The van der Waals surface area contributed by atoms with Crippen molar-refractivity contribution in [1.82, 2.24) is 9.80 Å². The summed E-state index contributed by atoms with van der Waals surface area (Å²) in [6.45, 7) is 8.96. The van der Waals surface area contributed by atoms with Gasteiger partial charge in [-0.25, -0.2) is 0 Å². The number of aliphatic hydroxyl groups excluding tert-OH is 1. The highest BCUT2D eigenvalue weighted by Gasteiger charge is 2.77. The molecule has 0 radical (unpaired) electrons. The topological polar surface area (TPSA) is 96.4 Å². The number of ether oxygens (including phenoxy) is 2. The molecule has 1 N–H and O–H groups in total. The molecular formula is C31H41BrN2O6. The highest BCUT2D eigenvalue weighted by atomic mass is 79.9. The molecule has 2 amide bonds. The third-order valence-corrected chi connectivity index (χ3v) is 9.12. The first-order chi connectivity index (χ1) is 19.4. The van der Waals surface area contributed by atoms with Crippen LogP contribution in [-0.2, 0) is 30.4 Å². The average molecular weight is 618 g/mol. The van der Waals surface area contributed by atoms with Crippen molar-refractivity contribution < 1.29 is 29.0 Å². The van der Waals surface area contributed by atoms with Crippen LogP contribution in [0, 0.1) is 11.8 Å². The fourth-order valence-corrected chi connectivity index (χ4v) is 7.46. The van der Waals surface area contributed by atoms with Crippen LogP contribution in [0.25, 0.3) is 0 Å². The van der Waals surface area contributed by atoms with Gasteiger partial charge in [0.15, 0.2) is 0 Å². The van der Waals surface area contributed by atoms with E-state index in [1.165, 1.54) is 0 Å². The summed E-state index contributed by atoms with van der Waals surface area (Å²) < 4.78 is 12.2. The van der Waals surface area contributed by atoms with Crippen molar-refractivity contribution in [2.24, 2.45) is 11.8 Å². The Bertz CT molecular complexity index is 1070. The highest BCUT2D eigenvalue weighted by Crippen LogP contribution is 2.60. The summed E-state index contributed by atoms with van der Waals surface area (Å²) in [6, 6.07) is 8.85. The molecule has 1 aromatic rings. The van der Waals surface area contributed by atoms with Gasteiger partial charge in [0.05, 0.1) is 24.5 Å². The molecule has 2 bridgehead atoms. The van der Waals surface area contributed by atoms with Gasteiger partial charge in [0.1, 0.15) is 11.6 Å². The first-order valence-electron chi connectivity index (χ1n) is 14.3. The molecule has 6 atom stereocenters. The molecule has 3 unspecified atom stereocenters. The van der Waals surface area contributed by atoms with Gasteiger partial charge in [0, 0.05) is 31.1 Å². The maximum atomic E-state index is 14.4. The molecule has 8 nitrogen and oxygen atoms in total. The quantitative estimate of drug-likeness (QED) is 0.130. The van der Waals surface area contributed by atoms with Gasteiger partial charge in [-0.15, -0.1) is 13.2 Å². The van der Waals surface area contributed by atoms with Crippen LogP contribution in [0.1, 0.15) is 50.5 Å². The summed E-state index contributed by atoms with van der Waals surface area (Å²) in [4.78, 5) is 45.1. The van der Waals surface area contributed by atoms with Gasteiger partial charge in [-0.3, -0.25) is 14.4 Å². The van der Waals surface area contributed by atoms with Crippen molar-refractivity contribution in [2.45, 2.75) is 74.1 Å². The Balaban J connectivity index is 1.63. The lowest BCUT2D eigenvalue weighted by Gasteiger charge is -2.37. The number of likely N-dealkylation sites (tertiary alicyclic amines) is 1. The Kier molecular flexibility index (Phi) is 10.6. The maximum absolute atomic E-state index is 14.4. The van der Waals surface area contributed by atoms with Crippen LogP contribution in [0.2, 0.25) is 0 Å². The number of carbonyl (C=O) groups is 3. The third kappa shape index (κ3) is 6.06. The van der Waals surface area contributed by atoms with E-state index in [2.05, 4.69) is 29.1 Å². The lowest BCUT2D eigenvalue weighted by atomic mass is 9.70. The van der Waals surface area contributed by atoms with E-state index < -0.39 is 35.6 Å². The molecule has 3 aliphatic heterocycles. The van der Waals surface area contributed by atoms with E-state index in [4.69, 9.17) is 9.47 Å². The molecule has 1 aromatic carbocycles. The zero-order valence-electron chi connectivity index (χ0n) is 23.1. The van der Waals surface area contributed by atoms with E-state index in [9.17, 15) is 19.5 Å². The van der Waals surface area contributed by atoms with Crippen LogP contribution in [0.15, 0.2) is 55.6 Å². The van der Waals surface area contributed by atoms with Crippen molar-refractivity contribution in [3.8, 4) is 0 Å². The zero-order chi connectivity index (χ0) is 28.7. The molecule has 1 spiro atoms. The van der Waals surface area contributed by atoms with Crippen LogP contribution in [-0.4, -0.2) is 81.6 Å². The number of benzene rings is 1. The minimum Gasteiger partial charge on any atom is -0.465 e. The Morgan fingerprint density at radius 2 is 1.93 bits per heavy atom. The zero-order valence-corrected chi connectivity index (χ0v) is 24.7. The van der Waals surface area contributed by atoms with E-state index in [1.807, 2.05) is 36.4 Å². The van der Waals surface area contributed by atoms with E-state index in [-0.39, 0.29) is 29.9 Å². The predicted molar refractivity (Wildman–Crippen MR) is 155 cm³/mol. The number of fused-ring (bicyclic) bond motifs is 1. The lowest BCUT2D eigenvalue weighted by Crippen LogP contribution is -2.56. The standard InChI is InChI=1S/C31H41BrN2O6/c1-3-5-6-13-19-39-30(38)24-25-28(36)34(17-11-8-12-18-35)27(31(25)20-23(32)26(24)40-31)29(37)33(16-4-2)21-22-14-9-7-10-15-22/h3-4,7,9-10,14-15,23-27,35H,1-2,5-6,8,11-13,16-21H2/t23?,24-,25+,26-,27?,31?/m1/s1. The van der Waals surface area contributed by atoms with Gasteiger partial charge in [0.25, 0.3) is 0 Å². The Hall–Kier alpha value is -2.49. The Morgan fingerprint density at radius 3 is 2.62 bits per heavy atom. The molecular weight excluding hydrogens is 576 g/mol. The summed E-state index contributed by atoms with van der Waals surface area (Å²) in [5.74, 6) is -2.42. The summed E-state index contributed by atoms with van der Waals surface area (Å²) in [5, 5.41) is 9.25. The fourth-order valence-electron chi connectivity index (χ4n) is 6.51. The molecule has 3 heterocycles. The van der Waals surface area contributed by atoms with Crippen LogP contribution in [0.3, 0.4) is 0 Å². The van der Waals surface area contributed by atoms with Crippen molar-refractivity contribution >= 4 is 33.7 Å². The van der Waals surface area contributed by atoms with E-state index >= 15 is 0 Å². The molecule has 9 heteroatoms. The number of halogens is 1. The molecule has 3 saturated heterocycles. The third-order valence-electron chi connectivity index (χ3n) is 8.28. The number of carbonyl (C=O) groups excluding carboxylic acids is 3. The van der Waals surface area contributed by atoms with Gasteiger partial charge in [-0.1, -0.05) is 58.4 Å². The highest BCUT2D eigenvalue weighted by molar-refractivity contribution is 9.09. The summed E-state index contributed by atoms with van der Waals surface area (Å²) in [7, 11) is 0. The predicted octanol–water partition coefficient (Wildman–Crippen LogP) is 4.01. The van der Waals surface area contributed by atoms with Crippen molar-refractivity contribution in [1.29, 1.82) is 0 Å². The second-order valence-electron chi connectivity index (χ2n) is 10.9. The number of aliphatic hydroxyl groups is 1. The summed E-state index contributed by atoms with van der Waals surface area (Å²) in [6.07, 6.45) is 7.84. The number of esters is 1. The molecule has 0 saturated carbocycles. The van der Waals surface area contributed by atoms with Gasteiger partial charge in [0.2, 0.25) is 11.8 Å².